The zero-order chi connectivity index (χ0) is 18.4. The van der Waals surface area contributed by atoms with E-state index in [1.165, 1.54) is 5.56 Å². The number of amides is 1. The molecule has 2 rings (SSSR count). The van der Waals surface area contributed by atoms with Crippen molar-refractivity contribution >= 4 is 5.91 Å². The Morgan fingerprint density at radius 2 is 1.48 bits per heavy atom. The topological polar surface area (TPSA) is 48.0 Å². The molecule has 0 N–H and O–H groups in total. The molecule has 0 unspecified atom stereocenters. The van der Waals surface area contributed by atoms with E-state index in [2.05, 4.69) is 0 Å². The summed E-state index contributed by atoms with van der Waals surface area (Å²) in [5.74, 6) is 1.76. The zero-order valence-electron chi connectivity index (χ0n) is 15.5. The van der Waals surface area contributed by atoms with Crippen LogP contribution in [0, 0.1) is 6.92 Å². The number of ether oxygens (including phenoxy) is 3. The molecule has 5 heteroatoms. The number of rotatable bonds is 7. The summed E-state index contributed by atoms with van der Waals surface area (Å²) in [5, 5.41) is 0. The third kappa shape index (κ3) is 4.66. The number of aryl methyl sites for hydroxylation is 1. The average molecular weight is 343 g/mol. The van der Waals surface area contributed by atoms with Crippen LogP contribution in [0.4, 0.5) is 0 Å². The molecule has 0 aromatic heterocycles. The highest BCUT2D eigenvalue weighted by Gasteiger charge is 2.16. The van der Waals surface area contributed by atoms with Crippen molar-refractivity contribution in [2.45, 2.75) is 19.9 Å². The zero-order valence-corrected chi connectivity index (χ0v) is 15.5. The first-order chi connectivity index (χ1) is 12.0. The predicted octanol–water partition coefficient (Wildman–Crippen LogP) is 3.22. The van der Waals surface area contributed by atoms with Crippen molar-refractivity contribution < 1.29 is 19.0 Å². The number of benzene rings is 2. The van der Waals surface area contributed by atoms with Crippen molar-refractivity contribution in [1.29, 1.82) is 0 Å². The van der Waals surface area contributed by atoms with E-state index in [-0.39, 0.29) is 5.91 Å². The number of likely N-dealkylation sites (N-methyl/N-ethyl adjacent to an activating group) is 1. The van der Waals surface area contributed by atoms with Crippen LogP contribution in [-0.4, -0.2) is 39.2 Å². The molecule has 0 aliphatic carbocycles. The van der Waals surface area contributed by atoms with Crippen molar-refractivity contribution in [3.8, 4) is 17.2 Å². The lowest BCUT2D eigenvalue weighted by molar-refractivity contribution is -0.129. The average Bonchev–Trinajstić information content (AvgIpc) is 2.62. The van der Waals surface area contributed by atoms with Crippen molar-refractivity contribution in [3.63, 3.8) is 0 Å². The molecule has 0 heterocycles. The van der Waals surface area contributed by atoms with Gasteiger partial charge in [-0.25, -0.2) is 0 Å². The molecule has 0 fully saturated rings. The van der Waals surface area contributed by atoms with Gasteiger partial charge in [-0.05, 0) is 30.2 Å². The largest absolute Gasteiger partial charge is 0.493 e. The van der Waals surface area contributed by atoms with Crippen molar-refractivity contribution in [2.24, 2.45) is 0 Å². The van der Waals surface area contributed by atoms with Crippen LogP contribution in [0.5, 0.6) is 17.2 Å². The van der Waals surface area contributed by atoms with Gasteiger partial charge in [-0.2, -0.15) is 0 Å². The fraction of sp³-hybridized carbons (Fsp3) is 0.350. The smallest absolute Gasteiger partial charge is 0.227 e. The van der Waals surface area contributed by atoms with E-state index in [4.69, 9.17) is 14.2 Å². The molecule has 0 atom stereocenters. The minimum absolute atomic E-state index is 0.0533. The molecule has 2 aromatic rings. The molecule has 0 aliphatic heterocycles. The Hall–Kier alpha value is -2.69. The molecular formula is C20H25NO4. The summed E-state index contributed by atoms with van der Waals surface area (Å²) < 4.78 is 16.0. The highest BCUT2D eigenvalue weighted by atomic mass is 16.5. The maximum Gasteiger partial charge on any atom is 0.227 e. The Kier molecular flexibility index (Phi) is 6.28. The van der Waals surface area contributed by atoms with Crippen LogP contribution < -0.4 is 14.2 Å². The predicted molar refractivity (Wildman–Crippen MR) is 97.5 cm³/mol. The summed E-state index contributed by atoms with van der Waals surface area (Å²) in [6.07, 6.45) is 0.376. The van der Waals surface area contributed by atoms with Crippen molar-refractivity contribution in [3.05, 3.63) is 53.1 Å². The van der Waals surface area contributed by atoms with Gasteiger partial charge in [-0.1, -0.05) is 29.8 Å². The Balaban J connectivity index is 2.12. The van der Waals surface area contributed by atoms with Gasteiger partial charge in [-0.15, -0.1) is 0 Å². The molecule has 0 saturated carbocycles. The van der Waals surface area contributed by atoms with Gasteiger partial charge < -0.3 is 19.1 Å². The summed E-state index contributed by atoms with van der Waals surface area (Å²) in [7, 11) is 6.51. The molecule has 0 spiro atoms. The lowest BCUT2D eigenvalue weighted by Gasteiger charge is -2.19. The van der Waals surface area contributed by atoms with Gasteiger partial charge in [0.1, 0.15) is 0 Å². The molecule has 5 nitrogen and oxygen atoms in total. The number of hydrogen-bond acceptors (Lipinski definition) is 4. The van der Waals surface area contributed by atoms with E-state index in [0.717, 1.165) is 11.1 Å². The number of carbonyl (C=O) groups is 1. The van der Waals surface area contributed by atoms with Gasteiger partial charge in [0, 0.05) is 13.6 Å². The first-order valence-electron chi connectivity index (χ1n) is 8.07. The fourth-order valence-corrected chi connectivity index (χ4v) is 2.60. The van der Waals surface area contributed by atoms with Crippen LogP contribution in [0.2, 0.25) is 0 Å². The molecule has 0 radical (unpaired) electrons. The van der Waals surface area contributed by atoms with Gasteiger partial charge in [0.15, 0.2) is 11.5 Å². The highest BCUT2D eigenvalue weighted by Crippen LogP contribution is 2.38. The van der Waals surface area contributed by atoms with E-state index >= 15 is 0 Å². The minimum Gasteiger partial charge on any atom is -0.493 e. The summed E-state index contributed by atoms with van der Waals surface area (Å²) in [6, 6.07) is 11.7. The highest BCUT2D eigenvalue weighted by molar-refractivity contribution is 5.78. The molecule has 1 amide bonds. The molecule has 0 aliphatic rings. The number of methoxy groups -OCH3 is 3. The number of nitrogens with zero attached hydrogens (tertiary/aromatic N) is 1. The van der Waals surface area contributed by atoms with Gasteiger partial charge >= 0.3 is 0 Å². The first-order valence-corrected chi connectivity index (χ1v) is 8.07. The van der Waals surface area contributed by atoms with Gasteiger partial charge in [0.2, 0.25) is 11.7 Å². The third-order valence-corrected chi connectivity index (χ3v) is 4.05. The van der Waals surface area contributed by atoms with E-state index < -0.39 is 0 Å². The van der Waals surface area contributed by atoms with Crippen LogP contribution in [0.1, 0.15) is 16.7 Å². The molecule has 2 aromatic carbocycles. The second kappa shape index (κ2) is 8.42. The normalized spacial score (nSPS) is 10.3. The Morgan fingerprint density at radius 3 is 1.96 bits per heavy atom. The second-order valence-electron chi connectivity index (χ2n) is 5.95. The summed E-state index contributed by atoms with van der Waals surface area (Å²) in [6.45, 7) is 2.49. The monoisotopic (exact) mass is 343 g/mol. The molecular weight excluding hydrogens is 318 g/mol. The molecule has 0 bridgehead atoms. The molecule has 134 valence electrons. The van der Waals surface area contributed by atoms with Crippen molar-refractivity contribution in [2.75, 3.05) is 28.4 Å². The van der Waals surface area contributed by atoms with Gasteiger partial charge in [-0.3, -0.25) is 4.79 Å². The maximum absolute atomic E-state index is 12.5. The van der Waals surface area contributed by atoms with E-state index in [1.54, 1.807) is 33.3 Å². The molecule has 25 heavy (non-hydrogen) atoms. The van der Waals surface area contributed by atoms with Crippen LogP contribution in [0.25, 0.3) is 0 Å². The van der Waals surface area contributed by atoms with Crippen LogP contribution in [0.15, 0.2) is 36.4 Å². The Labute approximate surface area is 149 Å². The van der Waals surface area contributed by atoms with E-state index in [0.29, 0.717) is 30.2 Å². The maximum atomic E-state index is 12.5. The fourth-order valence-electron chi connectivity index (χ4n) is 2.60. The van der Waals surface area contributed by atoms with Crippen LogP contribution >= 0.6 is 0 Å². The molecule has 0 saturated heterocycles. The van der Waals surface area contributed by atoms with Gasteiger partial charge in [0.05, 0.1) is 27.8 Å². The quantitative estimate of drug-likeness (QED) is 0.774. The summed E-state index contributed by atoms with van der Waals surface area (Å²) >= 11 is 0. The standard InChI is InChI=1S/C20H25NO4/c1-14-6-8-15(9-7-14)12-19(22)21(2)13-16-10-17(23-3)20(25-5)18(11-16)24-4/h6-11H,12-13H2,1-5H3. The van der Waals surface area contributed by atoms with E-state index in [1.807, 2.05) is 43.3 Å². The van der Waals surface area contributed by atoms with E-state index in [9.17, 15) is 4.79 Å². The Morgan fingerprint density at radius 1 is 0.920 bits per heavy atom. The third-order valence-electron chi connectivity index (χ3n) is 4.05. The first kappa shape index (κ1) is 18.6. The Bertz CT molecular complexity index is 700. The minimum atomic E-state index is 0.0533. The summed E-state index contributed by atoms with van der Waals surface area (Å²) in [5.41, 5.74) is 3.10. The van der Waals surface area contributed by atoms with Crippen LogP contribution in [0.3, 0.4) is 0 Å². The van der Waals surface area contributed by atoms with Gasteiger partial charge in [0.25, 0.3) is 0 Å². The number of carbonyl (C=O) groups excluding carboxylic acids is 1. The second-order valence-corrected chi connectivity index (χ2v) is 5.95. The summed E-state index contributed by atoms with van der Waals surface area (Å²) in [4.78, 5) is 14.2. The van der Waals surface area contributed by atoms with Crippen molar-refractivity contribution in [1.82, 2.24) is 4.90 Å². The number of hydrogen-bond donors (Lipinski definition) is 0. The van der Waals surface area contributed by atoms with Crippen LogP contribution in [-0.2, 0) is 17.8 Å². The SMILES string of the molecule is COc1cc(CN(C)C(=O)Cc2ccc(C)cc2)cc(OC)c1OC. The lowest BCUT2D eigenvalue weighted by atomic mass is 10.1. The lowest BCUT2D eigenvalue weighted by Crippen LogP contribution is -2.27.